The van der Waals surface area contributed by atoms with Crippen LogP contribution >= 0.6 is 11.3 Å². The number of nitrogens with one attached hydrogen (secondary N) is 1. The summed E-state index contributed by atoms with van der Waals surface area (Å²) in [5.41, 5.74) is 2.27. The summed E-state index contributed by atoms with van der Waals surface area (Å²) in [5, 5.41) is 3.15. The molecule has 0 unspecified atom stereocenters. The van der Waals surface area contributed by atoms with Crippen LogP contribution in [-0.4, -0.2) is 49.4 Å². The van der Waals surface area contributed by atoms with Gasteiger partial charge in [-0.05, 0) is 31.5 Å². The first kappa shape index (κ1) is 18.8. The van der Waals surface area contributed by atoms with Gasteiger partial charge in [-0.25, -0.2) is 0 Å². The van der Waals surface area contributed by atoms with Gasteiger partial charge in [-0.2, -0.15) is 0 Å². The topological polar surface area (TPSA) is 58.6 Å². The zero-order chi connectivity index (χ0) is 18.5. The second-order valence-corrected chi connectivity index (χ2v) is 7.65. The van der Waals surface area contributed by atoms with E-state index in [0.29, 0.717) is 9.75 Å². The van der Waals surface area contributed by atoms with Crippen molar-refractivity contribution in [2.45, 2.75) is 19.9 Å². The molecule has 1 saturated heterocycles. The fourth-order valence-corrected chi connectivity index (χ4v) is 3.76. The number of aryl methyl sites for hydroxylation is 1. The molecule has 1 aromatic carbocycles. The molecule has 2 aromatic rings. The third-order valence-corrected chi connectivity index (χ3v) is 5.69. The Kier molecular flexibility index (Phi) is 6.19. The molecular formula is C20H24N2O3S. The van der Waals surface area contributed by atoms with Crippen LogP contribution in [0.2, 0.25) is 0 Å². The Balaban J connectivity index is 1.76. The van der Waals surface area contributed by atoms with E-state index in [2.05, 4.69) is 34.5 Å². The van der Waals surface area contributed by atoms with Crippen molar-refractivity contribution in [3.05, 3.63) is 57.3 Å². The highest BCUT2D eigenvalue weighted by Gasteiger charge is 2.21. The summed E-state index contributed by atoms with van der Waals surface area (Å²) >= 11 is 1.24. The molecule has 0 bridgehead atoms. The second kappa shape index (κ2) is 8.58. The Bertz CT molecular complexity index is 764. The molecule has 6 heteroatoms. The molecule has 1 aliphatic rings. The van der Waals surface area contributed by atoms with Crippen molar-refractivity contribution in [2.75, 3.05) is 32.8 Å². The lowest BCUT2D eigenvalue weighted by Gasteiger charge is -2.31. The Morgan fingerprint density at radius 1 is 1.12 bits per heavy atom. The minimum atomic E-state index is -0.138. The third-order valence-electron chi connectivity index (χ3n) is 4.51. The van der Waals surface area contributed by atoms with E-state index in [9.17, 15) is 9.59 Å². The highest BCUT2D eigenvalue weighted by atomic mass is 32.1. The summed E-state index contributed by atoms with van der Waals surface area (Å²) in [6, 6.07) is 11.6. The van der Waals surface area contributed by atoms with E-state index in [0.717, 1.165) is 38.4 Å². The predicted molar refractivity (Wildman–Crippen MR) is 103 cm³/mol. The van der Waals surface area contributed by atoms with Crippen LogP contribution in [0.5, 0.6) is 0 Å². The van der Waals surface area contributed by atoms with Gasteiger partial charge in [-0.15, -0.1) is 11.3 Å². The summed E-state index contributed by atoms with van der Waals surface area (Å²) in [6.07, 6.45) is 0. The Hall–Kier alpha value is -2.02. The molecule has 1 fully saturated rings. The van der Waals surface area contributed by atoms with E-state index in [4.69, 9.17) is 4.74 Å². The quantitative estimate of drug-likeness (QED) is 0.792. The van der Waals surface area contributed by atoms with Crippen molar-refractivity contribution in [1.29, 1.82) is 0 Å². The van der Waals surface area contributed by atoms with Gasteiger partial charge in [0.15, 0.2) is 5.78 Å². The molecule has 3 rings (SSSR count). The van der Waals surface area contributed by atoms with Crippen molar-refractivity contribution in [3.63, 3.8) is 0 Å². The van der Waals surface area contributed by atoms with Crippen LogP contribution in [0.1, 0.15) is 43.4 Å². The number of carbonyl (C=O) groups excluding carboxylic acids is 2. The molecule has 5 nitrogen and oxygen atoms in total. The van der Waals surface area contributed by atoms with Crippen LogP contribution in [0, 0.1) is 6.92 Å². The van der Waals surface area contributed by atoms with Gasteiger partial charge < -0.3 is 10.1 Å². The number of Topliss-reactive ketones (excluding diaryl/α,β-unsaturated/α-hetero) is 1. The average Bonchev–Trinajstić information content (AvgIpc) is 3.13. The molecule has 0 radical (unpaired) electrons. The summed E-state index contributed by atoms with van der Waals surface area (Å²) in [6.45, 7) is 7.48. The highest BCUT2D eigenvalue weighted by molar-refractivity contribution is 7.15. The van der Waals surface area contributed by atoms with Gasteiger partial charge >= 0.3 is 0 Å². The molecule has 1 atom stereocenters. The minimum Gasteiger partial charge on any atom is -0.379 e. The van der Waals surface area contributed by atoms with E-state index in [1.54, 1.807) is 12.1 Å². The number of carbonyl (C=O) groups is 2. The van der Waals surface area contributed by atoms with Crippen molar-refractivity contribution >= 4 is 23.0 Å². The lowest BCUT2D eigenvalue weighted by Crippen LogP contribution is -2.43. The van der Waals surface area contributed by atoms with Gasteiger partial charge in [0, 0.05) is 19.6 Å². The van der Waals surface area contributed by atoms with Gasteiger partial charge in [0.1, 0.15) is 0 Å². The van der Waals surface area contributed by atoms with Gasteiger partial charge in [-0.3, -0.25) is 14.5 Å². The number of rotatable bonds is 6. The normalized spacial score (nSPS) is 16.2. The fraction of sp³-hybridized carbons (Fsp3) is 0.400. The molecule has 138 valence electrons. The third kappa shape index (κ3) is 4.78. The van der Waals surface area contributed by atoms with Gasteiger partial charge in [0.05, 0.1) is 29.0 Å². The summed E-state index contributed by atoms with van der Waals surface area (Å²) in [5.74, 6) is -0.154. The number of hydrogen-bond acceptors (Lipinski definition) is 5. The first-order chi connectivity index (χ1) is 12.5. The van der Waals surface area contributed by atoms with Crippen molar-refractivity contribution in [1.82, 2.24) is 10.2 Å². The summed E-state index contributed by atoms with van der Waals surface area (Å²) < 4.78 is 5.42. The Labute approximate surface area is 158 Å². The number of hydrogen-bond donors (Lipinski definition) is 1. The number of benzene rings is 1. The van der Waals surface area contributed by atoms with Crippen LogP contribution in [0.15, 0.2) is 36.4 Å². The number of amides is 1. The maximum absolute atomic E-state index is 12.7. The number of ether oxygens (including phenoxy) is 1. The Morgan fingerprint density at radius 2 is 1.77 bits per heavy atom. The van der Waals surface area contributed by atoms with Crippen molar-refractivity contribution in [3.8, 4) is 0 Å². The van der Waals surface area contributed by atoms with Crippen LogP contribution in [0.25, 0.3) is 0 Å². The first-order valence-electron chi connectivity index (χ1n) is 8.81. The lowest BCUT2D eigenvalue weighted by molar-refractivity contribution is 0.0332. The molecular weight excluding hydrogens is 348 g/mol. The zero-order valence-electron chi connectivity index (χ0n) is 15.2. The molecule has 2 heterocycles. The van der Waals surface area contributed by atoms with Crippen LogP contribution in [0.4, 0.5) is 0 Å². The van der Waals surface area contributed by atoms with E-state index in [1.165, 1.54) is 23.8 Å². The largest absolute Gasteiger partial charge is 0.379 e. The molecule has 1 aliphatic heterocycles. The van der Waals surface area contributed by atoms with Crippen LogP contribution in [-0.2, 0) is 4.74 Å². The molecule has 26 heavy (non-hydrogen) atoms. The standard InChI is InChI=1S/C20H24N2O3S/c1-14-3-5-16(6-4-14)17(13-22-9-11-25-12-10-22)21-20(24)19-8-7-18(26-19)15(2)23/h3-8,17H,9-13H2,1-2H3,(H,21,24)/t17-/m1/s1. The van der Waals surface area contributed by atoms with E-state index in [1.807, 2.05) is 6.92 Å². The maximum Gasteiger partial charge on any atom is 0.261 e. The zero-order valence-corrected chi connectivity index (χ0v) is 16.0. The monoisotopic (exact) mass is 372 g/mol. The van der Waals surface area contributed by atoms with Gasteiger partial charge in [-0.1, -0.05) is 29.8 Å². The molecule has 0 aliphatic carbocycles. The first-order valence-corrected chi connectivity index (χ1v) is 9.63. The molecule has 1 aromatic heterocycles. The lowest BCUT2D eigenvalue weighted by atomic mass is 10.0. The molecule has 0 spiro atoms. The van der Waals surface area contributed by atoms with Gasteiger partial charge in [0.25, 0.3) is 5.91 Å². The highest BCUT2D eigenvalue weighted by Crippen LogP contribution is 2.21. The van der Waals surface area contributed by atoms with E-state index in [-0.39, 0.29) is 17.7 Å². The van der Waals surface area contributed by atoms with E-state index < -0.39 is 0 Å². The number of ketones is 1. The number of morpholine rings is 1. The SMILES string of the molecule is CC(=O)c1ccc(C(=O)N[C@H](CN2CCOCC2)c2ccc(C)cc2)s1. The molecule has 1 amide bonds. The predicted octanol–water partition coefficient (Wildman–Crippen LogP) is 3.06. The second-order valence-electron chi connectivity index (χ2n) is 6.57. The Morgan fingerprint density at radius 3 is 2.38 bits per heavy atom. The average molecular weight is 372 g/mol. The summed E-state index contributed by atoms with van der Waals surface area (Å²) in [7, 11) is 0. The number of thiophene rings is 1. The van der Waals surface area contributed by atoms with Crippen LogP contribution < -0.4 is 5.32 Å². The van der Waals surface area contributed by atoms with Crippen LogP contribution in [0.3, 0.4) is 0 Å². The van der Waals surface area contributed by atoms with Crippen molar-refractivity contribution in [2.24, 2.45) is 0 Å². The van der Waals surface area contributed by atoms with E-state index >= 15 is 0 Å². The van der Waals surface area contributed by atoms with Gasteiger partial charge in [0.2, 0.25) is 0 Å². The van der Waals surface area contributed by atoms with Crippen molar-refractivity contribution < 1.29 is 14.3 Å². The number of nitrogens with zero attached hydrogens (tertiary/aromatic N) is 1. The molecule has 1 N–H and O–H groups in total. The fourth-order valence-electron chi connectivity index (χ4n) is 2.95. The smallest absolute Gasteiger partial charge is 0.261 e. The minimum absolute atomic E-state index is 0.0162. The molecule has 0 saturated carbocycles. The maximum atomic E-state index is 12.7. The summed E-state index contributed by atoms with van der Waals surface area (Å²) in [4.78, 5) is 27.7.